The first-order valence-electron chi connectivity index (χ1n) is 6.09. The summed E-state index contributed by atoms with van der Waals surface area (Å²) in [4.78, 5) is 21.7. The molecule has 0 aliphatic rings. The quantitative estimate of drug-likeness (QED) is 0.348. The fourth-order valence-corrected chi connectivity index (χ4v) is 1.65. The van der Waals surface area contributed by atoms with Gasteiger partial charge in [-0.05, 0) is 25.5 Å². The average molecular weight is 250 g/mol. The summed E-state index contributed by atoms with van der Waals surface area (Å²) in [5, 5.41) is 14.0. The number of carbonyl (C=O) groups excluding carboxylic acids is 1. The first-order chi connectivity index (χ1) is 8.56. The molecule has 0 bridgehead atoms. The normalized spacial score (nSPS) is 10.1. The Bertz CT molecular complexity index is 444. The maximum atomic E-state index is 11.2. The maximum absolute atomic E-state index is 11.2. The standard InChI is InChI=1S/C13H18N2O3/c1-3-4-5-8-14-12-7-6-11(10(2)16)9-13(12)15(17)18/h6-7,9,14H,3-5,8H2,1-2H3. The number of nitro benzene ring substituents is 1. The number of anilines is 1. The van der Waals surface area contributed by atoms with E-state index in [1.54, 1.807) is 12.1 Å². The molecule has 0 unspecified atom stereocenters. The van der Waals surface area contributed by atoms with Gasteiger partial charge in [0.15, 0.2) is 5.78 Å². The predicted octanol–water partition coefficient (Wildman–Crippen LogP) is 3.40. The highest BCUT2D eigenvalue weighted by Gasteiger charge is 2.15. The highest BCUT2D eigenvalue weighted by Crippen LogP contribution is 2.25. The number of Topliss-reactive ketones (excluding diaryl/α,β-unsaturated/α-hetero) is 1. The Kier molecular flexibility index (Phi) is 5.30. The van der Waals surface area contributed by atoms with Crippen molar-refractivity contribution in [3.8, 4) is 0 Å². The fourth-order valence-electron chi connectivity index (χ4n) is 1.65. The summed E-state index contributed by atoms with van der Waals surface area (Å²) in [6, 6.07) is 4.53. The van der Waals surface area contributed by atoms with Crippen LogP contribution in [0.2, 0.25) is 0 Å². The van der Waals surface area contributed by atoms with Crippen molar-refractivity contribution in [2.45, 2.75) is 33.1 Å². The number of ketones is 1. The van der Waals surface area contributed by atoms with Crippen molar-refractivity contribution >= 4 is 17.2 Å². The van der Waals surface area contributed by atoms with Gasteiger partial charge in [0, 0.05) is 18.2 Å². The molecule has 1 N–H and O–H groups in total. The van der Waals surface area contributed by atoms with Crippen LogP contribution in [0, 0.1) is 10.1 Å². The van der Waals surface area contributed by atoms with Crippen molar-refractivity contribution in [3.05, 3.63) is 33.9 Å². The summed E-state index contributed by atoms with van der Waals surface area (Å²) in [6.07, 6.45) is 3.17. The minimum absolute atomic E-state index is 0.0424. The first-order valence-corrected chi connectivity index (χ1v) is 6.09. The van der Waals surface area contributed by atoms with E-state index in [0.717, 1.165) is 19.3 Å². The molecule has 0 fully saturated rings. The summed E-state index contributed by atoms with van der Waals surface area (Å²) >= 11 is 0. The number of unbranched alkanes of at least 4 members (excludes halogenated alkanes) is 2. The second-order valence-electron chi connectivity index (χ2n) is 4.18. The van der Waals surface area contributed by atoms with Crippen molar-refractivity contribution in [1.82, 2.24) is 0 Å². The Morgan fingerprint density at radius 1 is 1.39 bits per heavy atom. The van der Waals surface area contributed by atoms with Gasteiger partial charge in [-0.15, -0.1) is 0 Å². The van der Waals surface area contributed by atoms with Gasteiger partial charge in [0.05, 0.1) is 4.92 Å². The molecule has 5 heteroatoms. The molecule has 0 spiro atoms. The van der Waals surface area contributed by atoms with Crippen LogP contribution in [0.3, 0.4) is 0 Å². The summed E-state index contributed by atoms with van der Waals surface area (Å²) in [5.74, 6) is -0.171. The average Bonchev–Trinajstić information content (AvgIpc) is 2.34. The zero-order valence-corrected chi connectivity index (χ0v) is 10.7. The van der Waals surface area contributed by atoms with E-state index in [2.05, 4.69) is 12.2 Å². The van der Waals surface area contributed by atoms with Crippen molar-refractivity contribution in [1.29, 1.82) is 0 Å². The maximum Gasteiger partial charge on any atom is 0.293 e. The third-order valence-electron chi connectivity index (χ3n) is 2.70. The number of hydrogen-bond acceptors (Lipinski definition) is 4. The zero-order valence-electron chi connectivity index (χ0n) is 10.7. The van der Waals surface area contributed by atoms with Crippen molar-refractivity contribution in [3.63, 3.8) is 0 Å². The van der Waals surface area contributed by atoms with Gasteiger partial charge in [-0.25, -0.2) is 0 Å². The SMILES string of the molecule is CCCCCNc1ccc(C(C)=O)cc1[N+](=O)[O-]. The van der Waals surface area contributed by atoms with Crippen LogP contribution in [0.1, 0.15) is 43.5 Å². The number of benzene rings is 1. The Hall–Kier alpha value is -1.91. The number of nitrogens with zero attached hydrogens (tertiary/aromatic N) is 1. The molecule has 5 nitrogen and oxygen atoms in total. The Morgan fingerprint density at radius 2 is 2.11 bits per heavy atom. The van der Waals surface area contributed by atoms with E-state index < -0.39 is 4.92 Å². The van der Waals surface area contributed by atoms with Crippen LogP contribution < -0.4 is 5.32 Å². The molecular weight excluding hydrogens is 232 g/mol. The van der Waals surface area contributed by atoms with Crippen LogP contribution in [-0.4, -0.2) is 17.3 Å². The lowest BCUT2D eigenvalue weighted by atomic mass is 10.1. The van der Waals surface area contributed by atoms with Gasteiger partial charge in [0.2, 0.25) is 0 Å². The largest absolute Gasteiger partial charge is 0.379 e. The molecule has 0 aliphatic carbocycles. The van der Waals surface area contributed by atoms with E-state index in [1.807, 2.05) is 0 Å². The molecule has 1 aromatic rings. The molecule has 0 aromatic heterocycles. The highest BCUT2D eigenvalue weighted by molar-refractivity contribution is 5.95. The van der Waals surface area contributed by atoms with Gasteiger partial charge < -0.3 is 5.32 Å². The highest BCUT2D eigenvalue weighted by atomic mass is 16.6. The summed E-state index contributed by atoms with van der Waals surface area (Å²) in [6.45, 7) is 4.20. The van der Waals surface area contributed by atoms with E-state index >= 15 is 0 Å². The fraction of sp³-hybridized carbons (Fsp3) is 0.462. The van der Waals surface area contributed by atoms with Gasteiger partial charge >= 0.3 is 0 Å². The number of carbonyl (C=O) groups is 1. The zero-order chi connectivity index (χ0) is 13.5. The van der Waals surface area contributed by atoms with Crippen molar-refractivity contribution in [2.24, 2.45) is 0 Å². The van der Waals surface area contributed by atoms with E-state index in [1.165, 1.54) is 13.0 Å². The Morgan fingerprint density at radius 3 is 2.67 bits per heavy atom. The first kappa shape index (κ1) is 14.2. The van der Waals surface area contributed by atoms with Crippen LogP contribution in [0.15, 0.2) is 18.2 Å². The topological polar surface area (TPSA) is 72.2 Å². The van der Waals surface area contributed by atoms with Crippen LogP contribution in [-0.2, 0) is 0 Å². The van der Waals surface area contributed by atoms with Gasteiger partial charge in [0.1, 0.15) is 5.69 Å². The molecule has 0 heterocycles. The molecule has 0 saturated heterocycles. The van der Waals surface area contributed by atoms with Crippen LogP contribution in [0.4, 0.5) is 11.4 Å². The van der Waals surface area contributed by atoms with Crippen LogP contribution >= 0.6 is 0 Å². The van der Waals surface area contributed by atoms with Gasteiger partial charge in [-0.3, -0.25) is 14.9 Å². The summed E-state index contributed by atoms with van der Waals surface area (Å²) in [7, 11) is 0. The molecule has 0 atom stereocenters. The van der Waals surface area contributed by atoms with E-state index in [-0.39, 0.29) is 11.5 Å². The van der Waals surface area contributed by atoms with Gasteiger partial charge in [-0.1, -0.05) is 19.8 Å². The Balaban J connectivity index is 2.83. The third-order valence-corrected chi connectivity index (χ3v) is 2.70. The molecule has 0 radical (unpaired) electrons. The lowest BCUT2D eigenvalue weighted by molar-refractivity contribution is -0.384. The molecule has 0 amide bonds. The number of rotatable bonds is 7. The molecular formula is C13H18N2O3. The minimum Gasteiger partial charge on any atom is -0.379 e. The monoisotopic (exact) mass is 250 g/mol. The molecule has 1 aromatic carbocycles. The third kappa shape index (κ3) is 3.84. The van der Waals surface area contributed by atoms with E-state index in [4.69, 9.17) is 0 Å². The van der Waals surface area contributed by atoms with Crippen molar-refractivity contribution < 1.29 is 9.72 Å². The summed E-state index contributed by atoms with van der Waals surface area (Å²) in [5.41, 5.74) is 0.793. The van der Waals surface area contributed by atoms with Crippen LogP contribution in [0.5, 0.6) is 0 Å². The van der Waals surface area contributed by atoms with E-state index in [0.29, 0.717) is 17.8 Å². The number of hydrogen-bond donors (Lipinski definition) is 1. The molecule has 0 saturated carbocycles. The molecule has 98 valence electrons. The minimum atomic E-state index is -0.464. The van der Waals surface area contributed by atoms with E-state index in [9.17, 15) is 14.9 Å². The second-order valence-corrected chi connectivity index (χ2v) is 4.18. The molecule has 0 aliphatic heterocycles. The molecule has 1 rings (SSSR count). The van der Waals surface area contributed by atoms with Gasteiger partial charge in [0.25, 0.3) is 5.69 Å². The Labute approximate surface area is 106 Å². The van der Waals surface area contributed by atoms with Gasteiger partial charge in [-0.2, -0.15) is 0 Å². The van der Waals surface area contributed by atoms with Crippen LogP contribution in [0.25, 0.3) is 0 Å². The second kappa shape index (κ2) is 6.74. The smallest absolute Gasteiger partial charge is 0.293 e. The lowest BCUT2D eigenvalue weighted by Gasteiger charge is -2.07. The molecule has 18 heavy (non-hydrogen) atoms. The van der Waals surface area contributed by atoms with Crippen molar-refractivity contribution in [2.75, 3.05) is 11.9 Å². The lowest BCUT2D eigenvalue weighted by Crippen LogP contribution is -2.05. The number of nitro groups is 1. The summed E-state index contributed by atoms with van der Waals surface area (Å²) < 4.78 is 0. The number of nitrogens with one attached hydrogen (secondary N) is 1. The predicted molar refractivity (Wildman–Crippen MR) is 71.1 cm³/mol.